The Balaban J connectivity index is 1.98. The molecule has 3 aliphatic carbocycles. The summed E-state index contributed by atoms with van der Waals surface area (Å²) in [6.45, 7) is 11.6. The van der Waals surface area contributed by atoms with Crippen molar-refractivity contribution < 1.29 is 19.4 Å². The van der Waals surface area contributed by atoms with Gasteiger partial charge >= 0.3 is 0 Å². The summed E-state index contributed by atoms with van der Waals surface area (Å²) < 4.78 is 12.5. The van der Waals surface area contributed by atoms with Crippen molar-refractivity contribution in [2.45, 2.75) is 58.7 Å². The number of carbonyl (C=O) groups excluding carboxylic acids is 1. The van der Waals surface area contributed by atoms with Crippen LogP contribution in [-0.2, 0) is 14.3 Å². The molecule has 0 aromatic heterocycles. The lowest BCUT2D eigenvalue weighted by atomic mass is 9.46. The van der Waals surface area contributed by atoms with E-state index in [0.29, 0.717) is 19.6 Å². The van der Waals surface area contributed by atoms with E-state index in [4.69, 9.17) is 9.47 Å². The number of ether oxygens (including phenoxy) is 2. The fraction of sp³-hybridized carbons (Fsp3) is 0.773. The highest BCUT2D eigenvalue weighted by Crippen LogP contribution is 2.70. The van der Waals surface area contributed by atoms with E-state index in [1.54, 1.807) is 0 Å². The Kier molecular flexibility index (Phi) is 4.08. The molecule has 2 saturated carbocycles. The van der Waals surface area contributed by atoms with E-state index in [1.165, 1.54) is 0 Å². The summed E-state index contributed by atoms with van der Waals surface area (Å²) in [7, 11) is 0. The van der Waals surface area contributed by atoms with Crippen molar-refractivity contribution >= 4 is 5.78 Å². The molecule has 0 radical (unpaired) electrons. The molecule has 4 rings (SSSR count). The molecule has 4 nitrogen and oxygen atoms in total. The quantitative estimate of drug-likeness (QED) is 0.764. The maximum atomic E-state index is 13.7. The summed E-state index contributed by atoms with van der Waals surface area (Å²) in [6.07, 6.45) is 8.11. The van der Waals surface area contributed by atoms with Gasteiger partial charge in [0, 0.05) is 35.0 Å². The molecule has 0 aromatic carbocycles. The van der Waals surface area contributed by atoms with Crippen LogP contribution in [0.4, 0.5) is 0 Å². The van der Waals surface area contributed by atoms with Gasteiger partial charge in [0.15, 0.2) is 5.79 Å². The van der Waals surface area contributed by atoms with Crippen molar-refractivity contribution in [1.29, 1.82) is 0 Å². The van der Waals surface area contributed by atoms with E-state index in [0.717, 1.165) is 31.3 Å². The average Bonchev–Trinajstić information content (AvgIpc) is 3.22. The lowest BCUT2D eigenvalue weighted by Crippen LogP contribution is -2.60. The van der Waals surface area contributed by atoms with E-state index < -0.39 is 16.6 Å². The second kappa shape index (κ2) is 5.76. The largest absolute Gasteiger partial charge is 0.392 e. The number of rotatable bonds is 2. The zero-order valence-corrected chi connectivity index (χ0v) is 16.3. The first-order chi connectivity index (χ1) is 12.3. The fourth-order valence-corrected chi connectivity index (χ4v) is 6.65. The van der Waals surface area contributed by atoms with Gasteiger partial charge in [-0.1, -0.05) is 32.9 Å². The Labute approximate surface area is 156 Å². The van der Waals surface area contributed by atoms with Gasteiger partial charge in [0.2, 0.25) is 0 Å². The van der Waals surface area contributed by atoms with Crippen LogP contribution in [0.25, 0.3) is 0 Å². The Morgan fingerprint density at radius 2 is 1.96 bits per heavy atom. The highest BCUT2D eigenvalue weighted by atomic mass is 16.7. The number of Topliss-reactive ketones (excluding diaryl/α,β-unsaturated/α-hetero) is 1. The maximum Gasteiger partial charge on any atom is 0.173 e. The van der Waals surface area contributed by atoms with Crippen LogP contribution in [0.2, 0.25) is 0 Å². The Hall–Kier alpha value is -0.970. The number of hydrogen-bond acceptors (Lipinski definition) is 4. The Morgan fingerprint density at radius 1 is 1.27 bits per heavy atom. The molecular formula is C22H32O4. The normalized spacial score (nSPS) is 49.2. The lowest BCUT2D eigenvalue weighted by molar-refractivity contribution is -0.235. The second-order valence-electron chi connectivity index (χ2n) is 9.46. The molecule has 2 unspecified atom stereocenters. The van der Waals surface area contributed by atoms with E-state index in [2.05, 4.69) is 33.4 Å². The van der Waals surface area contributed by atoms with Gasteiger partial charge in [-0.25, -0.2) is 0 Å². The van der Waals surface area contributed by atoms with Gasteiger partial charge < -0.3 is 14.6 Å². The smallest absolute Gasteiger partial charge is 0.173 e. The number of aliphatic hydroxyl groups excluding tert-OH is 1. The molecular weight excluding hydrogens is 328 g/mol. The van der Waals surface area contributed by atoms with E-state index in [-0.39, 0.29) is 29.6 Å². The predicted molar refractivity (Wildman–Crippen MR) is 99.4 cm³/mol. The van der Waals surface area contributed by atoms with Gasteiger partial charge in [0.25, 0.3) is 0 Å². The maximum absolute atomic E-state index is 13.7. The fourth-order valence-electron chi connectivity index (χ4n) is 6.65. The Bertz CT molecular complexity index is 661. The van der Waals surface area contributed by atoms with E-state index >= 15 is 0 Å². The number of hydrogen-bond donors (Lipinski definition) is 1. The van der Waals surface area contributed by atoms with Crippen molar-refractivity contribution in [3.8, 4) is 0 Å². The topological polar surface area (TPSA) is 55.8 Å². The minimum atomic E-state index is -0.671. The van der Waals surface area contributed by atoms with Crippen LogP contribution in [0.3, 0.4) is 0 Å². The van der Waals surface area contributed by atoms with Gasteiger partial charge in [0.05, 0.1) is 19.8 Å². The van der Waals surface area contributed by atoms with Crippen molar-refractivity contribution in [1.82, 2.24) is 0 Å². The van der Waals surface area contributed by atoms with Crippen molar-refractivity contribution in [2.24, 2.45) is 28.1 Å². The molecule has 0 amide bonds. The molecule has 1 heterocycles. The first-order valence-corrected chi connectivity index (χ1v) is 10.0. The molecule has 1 N–H and O–H groups in total. The highest BCUT2D eigenvalue weighted by molar-refractivity contribution is 5.87. The van der Waals surface area contributed by atoms with Crippen LogP contribution >= 0.6 is 0 Å². The molecule has 0 aromatic rings. The van der Waals surface area contributed by atoms with Crippen LogP contribution in [-0.4, -0.2) is 36.5 Å². The minimum Gasteiger partial charge on any atom is -0.392 e. The Morgan fingerprint density at radius 3 is 2.58 bits per heavy atom. The van der Waals surface area contributed by atoms with Crippen LogP contribution < -0.4 is 0 Å². The first kappa shape index (κ1) is 18.4. The number of aliphatic hydroxyl groups is 1. The zero-order valence-electron chi connectivity index (χ0n) is 16.3. The van der Waals surface area contributed by atoms with Gasteiger partial charge in [-0.3, -0.25) is 4.79 Å². The number of carbonyl (C=O) groups is 1. The van der Waals surface area contributed by atoms with Crippen LogP contribution in [0.5, 0.6) is 0 Å². The molecule has 1 spiro atoms. The van der Waals surface area contributed by atoms with Gasteiger partial charge in [-0.2, -0.15) is 0 Å². The summed E-state index contributed by atoms with van der Waals surface area (Å²) in [5, 5.41) is 10.4. The molecule has 2 bridgehead atoms. The van der Waals surface area contributed by atoms with Crippen molar-refractivity contribution in [3.63, 3.8) is 0 Å². The van der Waals surface area contributed by atoms with Crippen LogP contribution in [0.1, 0.15) is 52.9 Å². The van der Waals surface area contributed by atoms with Crippen LogP contribution in [0.15, 0.2) is 24.3 Å². The molecule has 5 atom stereocenters. The van der Waals surface area contributed by atoms with Crippen molar-refractivity contribution in [3.05, 3.63) is 24.3 Å². The van der Waals surface area contributed by atoms with Gasteiger partial charge in [-0.05, 0) is 30.8 Å². The summed E-state index contributed by atoms with van der Waals surface area (Å²) >= 11 is 0. The molecule has 4 aliphatic rings. The molecule has 1 saturated heterocycles. The average molecular weight is 360 g/mol. The third kappa shape index (κ3) is 2.15. The van der Waals surface area contributed by atoms with Crippen molar-refractivity contribution in [2.75, 3.05) is 19.8 Å². The molecule has 26 heavy (non-hydrogen) atoms. The van der Waals surface area contributed by atoms with Gasteiger partial charge in [0.1, 0.15) is 5.78 Å². The molecule has 3 fully saturated rings. The number of allylic oxidation sites excluding steroid dienone is 2. The predicted octanol–water partition coefficient (Wildman–Crippen LogP) is 3.65. The van der Waals surface area contributed by atoms with E-state index in [9.17, 15) is 9.90 Å². The third-order valence-corrected chi connectivity index (χ3v) is 8.26. The SMILES string of the molecule is C=C[C@@]1(C)/C=C(\CO)[C@@]23CCC(C)[C@@](C)(C(=O)C1)C2C1(CC3)OCCO1. The first-order valence-electron chi connectivity index (χ1n) is 10.0. The second-order valence-corrected chi connectivity index (χ2v) is 9.46. The summed E-state index contributed by atoms with van der Waals surface area (Å²) in [5.74, 6) is -0.151. The third-order valence-electron chi connectivity index (χ3n) is 8.26. The molecule has 144 valence electrons. The summed E-state index contributed by atoms with van der Waals surface area (Å²) in [6, 6.07) is 0. The molecule has 1 aliphatic heterocycles. The summed E-state index contributed by atoms with van der Waals surface area (Å²) in [4.78, 5) is 13.7. The monoisotopic (exact) mass is 360 g/mol. The van der Waals surface area contributed by atoms with E-state index in [1.807, 2.05) is 6.08 Å². The summed E-state index contributed by atoms with van der Waals surface area (Å²) in [5.41, 5.74) is -0.0939. The lowest BCUT2D eigenvalue weighted by Gasteiger charge is -2.58. The zero-order chi connectivity index (χ0) is 18.8. The standard InChI is InChI=1S/C22H32O4/c1-5-19(3)12-16(14-23)21-7-6-15(2)20(4,17(24)13-19)18(21)22(9-8-21)25-10-11-26-22/h5,12,15,18,23H,1,6-11,13-14H2,2-4H3/b16-12+/t15?,18?,19-,20-,21-/m0/s1. The van der Waals surface area contributed by atoms with Gasteiger partial charge in [-0.15, -0.1) is 6.58 Å². The number of ketones is 1. The minimum absolute atomic E-state index is 0.0225. The van der Waals surface area contributed by atoms with Crippen LogP contribution in [0, 0.1) is 28.1 Å². The molecule has 4 heteroatoms. The highest BCUT2D eigenvalue weighted by Gasteiger charge is 2.71.